The van der Waals surface area contributed by atoms with Crippen molar-refractivity contribution in [2.24, 2.45) is 5.92 Å². The van der Waals surface area contributed by atoms with Gasteiger partial charge in [-0.1, -0.05) is 30.3 Å². The first-order valence-corrected chi connectivity index (χ1v) is 9.57. The molecule has 6 nitrogen and oxygen atoms in total. The summed E-state index contributed by atoms with van der Waals surface area (Å²) in [6, 6.07) is 9.58. The van der Waals surface area contributed by atoms with E-state index in [2.05, 4.69) is 0 Å². The molecule has 0 radical (unpaired) electrons. The summed E-state index contributed by atoms with van der Waals surface area (Å²) in [5.41, 5.74) is 0.418. The first kappa shape index (κ1) is 21.2. The zero-order chi connectivity index (χ0) is 19.9. The van der Waals surface area contributed by atoms with Crippen molar-refractivity contribution >= 4 is 12.1 Å². The summed E-state index contributed by atoms with van der Waals surface area (Å²) in [5.74, 6) is -0.366. The molecule has 1 heterocycles. The van der Waals surface area contributed by atoms with E-state index >= 15 is 0 Å². The highest BCUT2D eigenvalue weighted by molar-refractivity contribution is 5.71. The number of benzene rings is 1. The number of esters is 1. The van der Waals surface area contributed by atoms with E-state index in [0.29, 0.717) is 26.1 Å². The summed E-state index contributed by atoms with van der Waals surface area (Å²) >= 11 is 0. The Morgan fingerprint density at radius 1 is 1.19 bits per heavy atom. The molecule has 1 aromatic carbocycles. The van der Waals surface area contributed by atoms with Crippen molar-refractivity contribution in [1.82, 2.24) is 4.90 Å². The predicted molar refractivity (Wildman–Crippen MR) is 102 cm³/mol. The fourth-order valence-corrected chi connectivity index (χ4v) is 3.21. The van der Waals surface area contributed by atoms with Crippen molar-refractivity contribution < 1.29 is 23.8 Å². The topological polar surface area (TPSA) is 65.1 Å². The van der Waals surface area contributed by atoms with Crippen molar-refractivity contribution in [1.29, 1.82) is 0 Å². The lowest BCUT2D eigenvalue weighted by Crippen LogP contribution is -2.48. The fourth-order valence-electron chi connectivity index (χ4n) is 3.21. The van der Waals surface area contributed by atoms with Crippen LogP contribution < -0.4 is 0 Å². The van der Waals surface area contributed by atoms with Gasteiger partial charge in [0.2, 0.25) is 0 Å². The molecule has 0 aliphatic carbocycles. The normalized spacial score (nSPS) is 20.2. The van der Waals surface area contributed by atoms with Gasteiger partial charge in [0.1, 0.15) is 12.2 Å². The van der Waals surface area contributed by atoms with Crippen molar-refractivity contribution in [3.63, 3.8) is 0 Å². The molecule has 2 atom stereocenters. The molecule has 1 aliphatic rings. The van der Waals surface area contributed by atoms with Crippen LogP contribution in [0.3, 0.4) is 0 Å². The molecule has 0 aromatic heterocycles. The van der Waals surface area contributed by atoms with E-state index in [1.54, 1.807) is 4.90 Å². The third kappa shape index (κ3) is 7.21. The lowest BCUT2D eigenvalue weighted by molar-refractivity contribution is -0.158. The molecule has 27 heavy (non-hydrogen) atoms. The van der Waals surface area contributed by atoms with Crippen LogP contribution >= 0.6 is 0 Å². The minimum Gasteiger partial charge on any atom is -0.460 e. The maximum Gasteiger partial charge on any atom is 0.410 e. The van der Waals surface area contributed by atoms with Crippen LogP contribution in [0.2, 0.25) is 0 Å². The number of ether oxygens (including phenoxy) is 3. The largest absolute Gasteiger partial charge is 0.460 e. The van der Waals surface area contributed by atoms with Crippen molar-refractivity contribution in [3.05, 3.63) is 35.9 Å². The van der Waals surface area contributed by atoms with Crippen LogP contribution in [0.25, 0.3) is 0 Å². The smallest absolute Gasteiger partial charge is 0.410 e. The van der Waals surface area contributed by atoms with Gasteiger partial charge in [0, 0.05) is 25.6 Å². The number of hydrogen-bond donors (Lipinski definition) is 0. The highest BCUT2D eigenvalue weighted by Crippen LogP contribution is 2.25. The molecule has 0 bridgehead atoms. The Balaban J connectivity index is 1.93. The molecular formula is C21H31NO5. The highest BCUT2D eigenvalue weighted by Gasteiger charge is 2.35. The van der Waals surface area contributed by atoms with Gasteiger partial charge in [0.05, 0.1) is 12.5 Å². The Morgan fingerprint density at radius 3 is 2.52 bits per heavy atom. The number of carbonyl (C=O) groups is 2. The number of nitrogens with zero attached hydrogens (tertiary/aromatic N) is 1. The molecule has 0 N–H and O–H groups in total. The summed E-state index contributed by atoms with van der Waals surface area (Å²) < 4.78 is 16.7. The lowest BCUT2D eigenvalue weighted by Gasteiger charge is -2.37. The van der Waals surface area contributed by atoms with E-state index in [-0.39, 0.29) is 37.1 Å². The van der Waals surface area contributed by atoms with E-state index in [1.165, 1.54) is 0 Å². The van der Waals surface area contributed by atoms with Gasteiger partial charge in [-0.2, -0.15) is 0 Å². The van der Waals surface area contributed by atoms with Gasteiger partial charge in [-0.05, 0) is 39.7 Å². The van der Waals surface area contributed by atoms with Gasteiger partial charge in [-0.25, -0.2) is 4.79 Å². The fraction of sp³-hybridized carbons (Fsp3) is 0.619. The molecule has 0 unspecified atom stereocenters. The number of amides is 1. The van der Waals surface area contributed by atoms with Gasteiger partial charge >= 0.3 is 12.1 Å². The van der Waals surface area contributed by atoms with E-state index in [0.717, 1.165) is 5.56 Å². The Labute approximate surface area is 161 Å². The van der Waals surface area contributed by atoms with Crippen LogP contribution in [0.5, 0.6) is 0 Å². The summed E-state index contributed by atoms with van der Waals surface area (Å²) in [6.07, 6.45) is 0.496. The summed E-state index contributed by atoms with van der Waals surface area (Å²) in [6.45, 7) is 9.28. The minimum atomic E-state index is -0.527. The minimum absolute atomic E-state index is 0.0549. The van der Waals surface area contributed by atoms with Gasteiger partial charge in [0.25, 0.3) is 0 Å². The Morgan fingerprint density at radius 2 is 1.89 bits per heavy atom. The number of likely N-dealkylation sites (tertiary alicyclic amines) is 1. The van der Waals surface area contributed by atoms with Gasteiger partial charge in [-0.3, -0.25) is 4.79 Å². The third-order valence-corrected chi connectivity index (χ3v) is 4.36. The second-order valence-corrected chi connectivity index (χ2v) is 7.82. The van der Waals surface area contributed by atoms with Crippen molar-refractivity contribution in [2.45, 2.75) is 58.8 Å². The van der Waals surface area contributed by atoms with Crippen LogP contribution in [0, 0.1) is 5.92 Å². The molecule has 1 aromatic rings. The van der Waals surface area contributed by atoms with Crippen molar-refractivity contribution in [3.8, 4) is 0 Å². The van der Waals surface area contributed by atoms with E-state index in [1.807, 2.05) is 58.0 Å². The SMILES string of the molecule is CCO[C@H]1CCN(C(=O)OCc2ccccc2)C[C@H]1CC(=O)OC(C)(C)C. The Hall–Kier alpha value is -2.08. The first-order valence-electron chi connectivity index (χ1n) is 9.57. The van der Waals surface area contributed by atoms with E-state index in [9.17, 15) is 9.59 Å². The molecule has 0 saturated carbocycles. The van der Waals surface area contributed by atoms with Crippen molar-refractivity contribution in [2.75, 3.05) is 19.7 Å². The monoisotopic (exact) mass is 377 g/mol. The molecule has 6 heteroatoms. The maximum absolute atomic E-state index is 12.4. The van der Waals surface area contributed by atoms with E-state index in [4.69, 9.17) is 14.2 Å². The quantitative estimate of drug-likeness (QED) is 0.706. The second-order valence-electron chi connectivity index (χ2n) is 7.82. The molecule has 1 fully saturated rings. The zero-order valence-electron chi connectivity index (χ0n) is 16.8. The lowest BCUT2D eigenvalue weighted by atomic mass is 9.91. The summed E-state index contributed by atoms with van der Waals surface area (Å²) in [7, 11) is 0. The molecule has 0 spiro atoms. The number of carbonyl (C=O) groups excluding carboxylic acids is 2. The van der Waals surface area contributed by atoms with Crippen LogP contribution in [0.4, 0.5) is 4.79 Å². The number of piperidine rings is 1. The standard InChI is InChI=1S/C21H31NO5/c1-5-25-18-11-12-22(14-17(18)13-19(23)27-21(2,3)4)20(24)26-15-16-9-7-6-8-10-16/h6-10,17-18H,5,11-15H2,1-4H3/t17-,18+/m1/s1. The zero-order valence-corrected chi connectivity index (χ0v) is 16.8. The number of hydrogen-bond acceptors (Lipinski definition) is 5. The molecular weight excluding hydrogens is 346 g/mol. The molecule has 1 aliphatic heterocycles. The average Bonchev–Trinajstić information content (AvgIpc) is 2.60. The van der Waals surface area contributed by atoms with Crippen LogP contribution in [0.1, 0.15) is 46.1 Å². The second kappa shape index (κ2) is 9.74. The van der Waals surface area contributed by atoms with Gasteiger partial charge < -0.3 is 19.1 Å². The summed E-state index contributed by atoms with van der Waals surface area (Å²) in [5, 5.41) is 0. The van der Waals surface area contributed by atoms with E-state index < -0.39 is 5.60 Å². The molecule has 1 amide bonds. The van der Waals surface area contributed by atoms with Gasteiger partial charge in [-0.15, -0.1) is 0 Å². The maximum atomic E-state index is 12.4. The average molecular weight is 377 g/mol. The van der Waals surface area contributed by atoms with Crippen LogP contribution in [0.15, 0.2) is 30.3 Å². The summed E-state index contributed by atoms with van der Waals surface area (Å²) in [4.78, 5) is 26.4. The van der Waals surface area contributed by atoms with Crippen LogP contribution in [-0.4, -0.2) is 48.4 Å². The molecule has 2 rings (SSSR count). The third-order valence-electron chi connectivity index (χ3n) is 4.36. The molecule has 150 valence electrons. The Kier molecular flexibility index (Phi) is 7.66. The highest BCUT2D eigenvalue weighted by atomic mass is 16.6. The molecule has 1 saturated heterocycles. The van der Waals surface area contributed by atoms with Gasteiger partial charge in [0.15, 0.2) is 0 Å². The van der Waals surface area contributed by atoms with Crippen LogP contribution in [-0.2, 0) is 25.6 Å². The number of rotatable bonds is 6. The predicted octanol–water partition coefficient (Wildman–Crippen LogP) is 3.78. The first-order chi connectivity index (χ1) is 12.8. The Bertz CT molecular complexity index is 611.